The van der Waals surface area contributed by atoms with Gasteiger partial charge >= 0.3 is 357 Å². The SMILES string of the molecule is [2H]c1c([2H])c([2H])c(-c2cc(C([2H])([2H])[2H])cc(-c3cc(C(C)(C)C)cc(C(C)(C)C)c3)c2-n2[c](=[Pt])n(-c3cccc(Oc4cccc(N5B(c6ccccc6)n6c7ccccc7c7cccc5c76)n4)c3)c3ccccc32)c([2H])c1[2H]. The van der Waals surface area contributed by atoms with Crippen LogP contribution in [-0.2, 0) is 30.2 Å². The molecule has 0 spiro atoms. The van der Waals surface area contributed by atoms with Crippen LogP contribution in [0.15, 0.2) is 200 Å². The summed E-state index contributed by atoms with van der Waals surface area (Å²) in [6, 6.07) is 54.0. The van der Waals surface area contributed by atoms with Gasteiger partial charge in [0.25, 0.3) is 0 Å². The quantitative estimate of drug-likeness (QED) is 0.142. The minimum atomic E-state index is -2.64. The molecule has 0 saturated carbocycles. The molecule has 0 bridgehead atoms. The fraction of sp³-hybridized carbons (Fsp3) is 0.143. The van der Waals surface area contributed by atoms with Gasteiger partial charge in [-0.05, 0) is 6.07 Å². The maximum absolute atomic E-state index is 9.37. The van der Waals surface area contributed by atoms with Crippen molar-refractivity contribution < 1.29 is 35.1 Å². The van der Waals surface area contributed by atoms with Crippen LogP contribution < -0.4 is 15.0 Å². The van der Waals surface area contributed by atoms with Gasteiger partial charge in [0.05, 0.1) is 0 Å². The number of hydrogen-bond acceptors (Lipinski definition) is 3. The van der Waals surface area contributed by atoms with Gasteiger partial charge in [0.15, 0.2) is 0 Å². The number of anilines is 2. The summed E-state index contributed by atoms with van der Waals surface area (Å²) in [5.74, 6) is 1.64. The zero-order chi connectivity index (χ0) is 55.6. The summed E-state index contributed by atoms with van der Waals surface area (Å²) in [7, 11) is 0. The molecule has 3 aromatic heterocycles. The van der Waals surface area contributed by atoms with Gasteiger partial charge in [0.1, 0.15) is 0 Å². The number of para-hydroxylation sites is 4. The Morgan fingerprint density at radius 2 is 1.23 bits per heavy atom. The minimum absolute atomic E-state index is 0.0336. The average Bonchev–Trinajstić information content (AvgIpc) is 3.74. The van der Waals surface area contributed by atoms with E-state index >= 15 is 0 Å². The van der Waals surface area contributed by atoms with Gasteiger partial charge in [0.2, 0.25) is 0 Å². The van der Waals surface area contributed by atoms with Crippen LogP contribution in [0.3, 0.4) is 0 Å². The van der Waals surface area contributed by atoms with Crippen molar-refractivity contribution in [2.75, 3.05) is 4.81 Å². The topological polar surface area (TPSA) is 40.1 Å². The number of aromatic nitrogens is 4. The van der Waals surface area contributed by atoms with Crippen LogP contribution in [0.2, 0.25) is 0 Å². The van der Waals surface area contributed by atoms with Crippen LogP contribution in [0.1, 0.15) is 69.2 Å². The van der Waals surface area contributed by atoms with Crippen LogP contribution in [0.4, 0.5) is 11.5 Å². The summed E-state index contributed by atoms with van der Waals surface area (Å²) in [4.78, 5) is 7.49. The standard InChI is InChI=1S/C63H54BN5O.Pt/c1-42-35-52(43-21-10-8-11-22-43)60(53(36-42)44-37-45(62(2,3)4)39-46(38-44)63(5,6)7)67-41-66(55-30-16-17-31-56(55)67)48-25-18-26-49(40-48)70-59-34-20-33-58(65-59)68-57-32-19-28-51-50-27-14-15-29-54(50)69(61(51)57)64(68)47-23-12-9-13-24-47;/h8-40H,1-7H3;/i1D3,8D,10D,11D,21D,22D;. The van der Waals surface area contributed by atoms with Crippen molar-refractivity contribution in [3.63, 3.8) is 0 Å². The van der Waals surface area contributed by atoms with E-state index in [2.05, 4.69) is 160 Å². The molecule has 0 atom stereocenters. The predicted octanol–water partition coefficient (Wildman–Crippen LogP) is 15.4. The first-order valence-corrected chi connectivity index (χ1v) is 25.0. The van der Waals surface area contributed by atoms with Crippen LogP contribution >= 0.6 is 0 Å². The molecule has 0 radical (unpaired) electrons. The molecule has 0 saturated heterocycles. The van der Waals surface area contributed by atoms with Gasteiger partial charge in [-0.25, -0.2) is 0 Å². The molecule has 0 unspecified atom stereocenters. The number of hydrogen-bond donors (Lipinski definition) is 0. The molecule has 1 aliphatic rings. The van der Waals surface area contributed by atoms with Crippen molar-refractivity contribution in [2.24, 2.45) is 0 Å². The van der Waals surface area contributed by atoms with E-state index in [0.717, 1.165) is 55.6 Å². The molecule has 12 rings (SSSR count). The van der Waals surface area contributed by atoms with E-state index in [1.807, 2.05) is 77.4 Å². The predicted molar refractivity (Wildman–Crippen MR) is 292 cm³/mol. The third-order valence-corrected chi connectivity index (χ3v) is 14.6. The molecule has 350 valence electrons. The van der Waals surface area contributed by atoms with Gasteiger partial charge in [-0.15, -0.1) is 0 Å². The van der Waals surface area contributed by atoms with Gasteiger partial charge in [-0.1, -0.05) is 60.7 Å². The number of imidazole rings is 1. The second-order valence-electron chi connectivity index (χ2n) is 20.3. The molecular formula is C63H54BN5OPt. The van der Waals surface area contributed by atoms with Crippen LogP contribution in [0.25, 0.3) is 66.5 Å². The summed E-state index contributed by atoms with van der Waals surface area (Å²) < 4.78 is 85.5. The van der Waals surface area contributed by atoms with Crippen molar-refractivity contribution in [2.45, 2.75) is 59.2 Å². The van der Waals surface area contributed by atoms with E-state index in [4.69, 9.17) is 17.9 Å². The number of rotatable bonds is 8. The zero-order valence-corrected chi connectivity index (χ0v) is 42.5. The average molecular weight is 1110 g/mol. The monoisotopic (exact) mass is 1110 g/mol. The van der Waals surface area contributed by atoms with Gasteiger partial charge < -0.3 is 0 Å². The first-order valence-electron chi connectivity index (χ1n) is 27.8. The molecule has 0 amide bonds. The normalized spacial score (nSPS) is 14.5. The fourth-order valence-electron chi connectivity index (χ4n) is 10.2. The molecular weight excluding hydrogens is 1050 g/mol. The van der Waals surface area contributed by atoms with Gasteiger partial charge in [0, 0.05) is 16.3 Å². The van der Waals surface area contributed by atoms with Crippen LogP contribution in [0.5, 0.6) is 11.6 Å². The first-order chi connectivity index (χ1) is 37.6. The third kappa shape index (κ3) is 7.70. The Balaban J connectivity index is 1.04. The summed E-state index contributed by atoms with van der Waals surface area (Å²) in [5, 5.41) is 2.37. The number of nitrogens with zero attached hydrogens (tertiary/aromatic N) is 5. The van der Waals surface area contributed by atoms with E-state index < -0.39 is 37.1 Å². The van der Waals surface area contributed by atoms with E-state index in [1.165, 1.54) is 16.8 Å². The Kier molecular flexibility index (Phi) is 8.80. The fourth-order valence-corrected chi connectivity index (χ4v) is 11.3. The Hall–Kier alpha value is -7.47. The zero-order valence-electron chi connectivity index (χ0n) is 48.2. The number of aryl methyl sites for hydroxylation is 1. The molecule has 0 aliphatic carbocycles. The molecule has 4 heterocycles. The van der Waals surface area contributed by atoms with Crippen LogP contribution in [-0.4, -0.2) is 25.6 Å². The van der Waals surface area contributed by atoms with E-state index in [-0.39, 0.29) is 34.5 Å². The number of pyridine rings is 1. The van der Waals surface area contributed by atoms with Crippen molar-refractivity contribution >= 4 is 56.8 Å². The van der Waals surface area contributed by atoms with E-state index in [9.17, 15) is 2.74 Å². The van der Waals surface area contributed by atoms with Gasteiger partial charge in [-0.2, -0.15) is 0 Å². The molecule has 8 heteroatoms. The molecule has 71 heavy (non-hydrogen) atoms. The second kappa shape index (κ2) is 17.1. The van der Waals surface area contributed by atoms with Crippen molar-refractivity contribution in [3.05, 3.63) is 221 Å². The molecule has 0 fully saturated rings. The summed E-state index contributed by atoms with van der Waals surface area (Å²) in [5.41, 5.74) is 9.84. The van der Waals surface area contributed by atoms with Crippen molar-refractivity contribution in [1.29, 1.82) is 0 Å². The Morgan fingerprint density at radius 3 is 1.94 bits per heavy atom. The number of ether oxygens (including phenoxy) is 1. The second-order valence-corrected chi connectivity index (χ2v) is 21.3. The number of fused-ring (bicyclic) bond motifs is 4. The van der Waals surface area contributed by atoms with Crippen LogP contribution in [0, 0.1) is 10.7 Å². The summed E-state index contributed by atoms with van der Waals surface area (Å²) in [6.07, 6.45) is 0. The van der Waals surface area contributed by atoms with Crippen molar-refractivity contribution in [1.82, 2.24) is 18.6 Å². The third-order valence-electron chi connectivity index (χ3n) is 13.6. The maximum atomic E-state index is 9.37. The van der Waals surface area contributed by atoms with Gasteiger partial charge in [-0.3, -0.25) is 0 Å². The summed E-state index contributed by atoms with van der Waals surface area (Å²) in [6.45, 7) is 9.98. The van der Waals surface area contributed by atoms with E-state index in [1.54, 1.807) is 6.07 Å². The Bertz CT molecular complexity index is 4300. The summed E-state index contributed by atoms with van der Waals surface area (Å²) >= 11 is 2.28. The molecule has 1 aliphatic heterocycles. The number of benzene rings is 8. The van der Waals surface area contributed by atoms with Crippen molar-refractivity contribution in [3.8, 4) is 45.3 Å². The molecule has 11 aromatic rings. The molecule has 0 N–H and O–H groups in total. The molecule has 6 nitrogen and oxygen atoms in total. The van der Waals surface area contributed by atoms with E-state index in [0.29, 0.717) is 32.5 Å². The Morgan fingerprint density at radius 1 is 0.592 bits per heavy atom. The Labute approximate surface area is 438 Å². The first kappa shape index (κ1) is 36.5. The molecule has 8 aromatic carbocycles.